The smallest absolute Gasteiger partial charge is 0.108 e. The van der Waals surface area contributed by atoms with E-state index in [-0.39, 0.29) is 0 Å². The van der Waals surface area contributed by atoms with Crippen LogP contribution in [-0.2, 0) is 0 Å². The minimum absolute atomic E-state index is 0.417. The van der Waals surface area contributed by atoms with Crippen LogP contribution in [-0.4, -0.2) is 19.6 Å². The first-order valence-corrected chi connectivity index (χ1v) is 3.95. The summed E-state index contributed by atoms with van der Waals surface area (Å²) in [6.45, 7) is 4.14. The Balaban J connectivity index is 3.61. The van der Waals surface area contributed by atoms with Crippen molar-refractivity contribution in [3.63, 3.8) is 0 Å². The van der Waals surface area contributed by atoms with Crippen LogP contribution in [0.3, 0.4) is 0 Å². The van der Waals surface area contributed by atoms with Gasteiger partial charge in [-0.2, -0.15) is 0 Å². The van der Waals surface area contributed by atoms with Crippen LogP contribution >= 0.6 is 0 Å². The van der Waals surface area contributed by atoms with E-state index in [0.29, 0.717) is 0 Å². The average Bonchev–Trinajstić information content (AvgIpc) is 2.05. The van der Waals surface area contributed by atoms with Gasteiger partial charge in [-0.25, -0.2) is 4.39 Å². The lowest BCUT2D eigenvalue weighted by molar-refractivity contribution is 0.560. The maximum Gasteiger partial charge on any atom is 0.108 e. The second-order valence-electron chi connectivity index (χ2n) is 2.23. The van der Waals surface area contributed by atoms with Gasteiger partial charge < -0.3 is 5.32 Å². The van der Waals surface area contributed by atoms with E-state index in [4.69, 9.17) is 0 Å². The highest BCUT2D eigenvalue weighted by molar-refractivity contribution is 5.55. The fourth-order valence-corrected chi connectivity index (χ4v) is 0.556. The van der Waals surface area contributed by atoms with Crippen molar-refractivity contribution in [1.82, 2.24) is 5.32 Å². The van der Waals surface area contributed by atoms with Crippen LogP contribution in [0.1, 0.15) is 13.8 Å². The van der Waals surface area contributed by atoms with Crippen LogP contribution in [0.15, 0.2) is 28.9 Å². The summed E-state index contributed by atoms with van der Waals surface area (Å²) in [6.07, 6.45) is 6.64. The molecule has 1 N–H and O–H groups in total. The molecule has 0 aromatic rings. The van der Waals surface area contributed by atoms with Crippen molar-refractivity contribution < 1.29 is 4.39 Å². The lowest BCUT2D eigenvalue weighted by atomic mass is 10.3. The van der Waals surface area contributed by atoms with Crippen LogP contribution in [0.5, 0.6) is 0 Å². The minimum Gasteiger partial charge on any atom is -0.353 e. The zero-order chi connectivity index (χ0) is 9.23. The summed E-state index contributed by atoms with van der Waals surface area (Å²) in [5, 5.41) is 2.84. The molecule has 0 aromatic heterocycles. The number of hydrogen-bond donors (Lipinski definition) is 1. The molecule has 0 heterocycles. The Morgan fingerprint density at radius 1 is 1.58 bits per heavy atom. The minimum atomic E-state index is -0.417. The number of halogens is 1. The zero-order valence-electron chi connectivity index (χ0n) is 7.55. The van der Waals surface area contributed by atoms with Crippen molar-refractivity contribution >= 4 is 6.34 Å². The Morgan fingerprint density at radius 3 is 2.92 bits per heavy atom. The summed E-state index contributed by atoms with van der Waals surface area (Å²) in [5.41, 5.74) is 0.898. The first kappa shape index (κ1) is 10.9. The second-order valence-corrected chi connectivity index (χ2v) is 2.23. The van der Waals surface area contributed by atoms with Crippen LogP contribution in [0.2, 0.25) is 0 Å². The van der Waals surface area contributed by atoms with Gasteiger partial charge in [0, 0.05) is 12.7 Å². The summed E-state index contributed by atoms with van der Waals surface area (Å²) in [7, 11) is 0. The topological polar surface area (TPSA) is 24.4 Å². The zero-order valence-corrected chi connectivity index (χ0v) is 7.55. The molecule has 0 spiro atoms. The maximum absolute atomic E-state index is 11.7. The fraction of sp³-hybridized carbons (Fsp3) is 0.444. The molecule has 0 saturated carbocycles. The standard InChI is InChI=1S/C9H15FN2/c1-3-11-8-12-7-5-9(2)4-6-10/h4-5,7-8H,3,6H2,1-2H3,(H,11,12)/b7-5-,9-4+. The van der Waals surface area contributed by atoms with Gasteiger partial charge in [0.15, 0.2) is 0 Å². The van der Waals surface area contributed by atoms with Gasteiger partial charge >= 0.3 is 0 Å². The highest BCUT2D eigenvalue weighted by atomic mass is 19.1. The average molecular weight is 170 g/mol. The third-order valence-electron chi connectivity index (χ3n) is 1.19. The lowest BCUT2D eigenvalue weighted by Gasteiger charge is -1.90. The summed E-state index contributed by atoms with van der Waals surface area (Å²) in [5.74, 6) is 0. The number of nitrogens with zero attached hydrogens (tertiary/aromatic N) is 1. The molecule has 0 bridgehead atoms. The molecule has 0 unspecified atom stereocenters. The van der Waals surface area contributed by atoms with Gasteiger partial charge in [0.1, 0.15) is 6.67 Å². The van der Waals surface area contributed by atoms with Gasteiger partial charge in [-0.3, -0.25) is 4.99 Å². The molecule has 0 aliphatic heterocycles. The summed E-state index contributed by atoms with van der Waals surface area (Å²) >= 11 is 0. The monoisotopic (exact) mass is 170 g/mol. The first-order valence-electron chi connectivity index (χ1n) is 3.95. The lowest BCUT2D eigenvalue weighted by Crippen LogP contribution is -2.00. The Hall–Kier alpha value is -1.12. The molecular weight excluding hydrogens is 155 g/mol. The van der Waals surface area contributed by atoms with Gasteiger partial charge in [0.25, 0.3) is 0 Å². The van der Waals surface area contributed by atoms with Gasteiger partial charge in [-0.05, 0) is 19.9 Å². The molecule has 3 heteroatoms. The third-order valence-corrected chi connectivity index (χ3v) is 1.19. The summed E-state index contributed by atoms with van der Waals surface area (Å²) < 4.78 is 11.7. The summed E-state index contributed by atoms with van der Waals surface area (Å²) in [4.78, 5) is 3.93. The van der Waals surface area contributed by atoms with Crippen LogP contribution in [0.4, 0.5) is 4.39 Å². The predicted molar refractivity (Wildman–Crippen MR) is 51.0 cm³/mol. The molecule has 0 radical (unpaired) electrons. The number of alkyl halides is 1. The van der Waals surface area contributed by atoms with E-state index in [9.17, 15) is 4.39 Å². The number of allylic oxidation sites excluding steroid dienone is 3. The Labute approximate surface area is 72.9 Å². The largest absolute Gasteiger partial charge is 0.353 e. The molecule has 0 aliphatic rings. The molecule has 0 amide bonds. The van der Waals surface area contributed by atoms with Crippen molar-refractivity contribution in [2.45, 2.75) is 13.8 Å². The van der Waals surface area contributed by atoms with Crippen molar-refractivity contribution in [3.8, 4) is 0 Å². The molecule has 0 aliphatic carbocycles. The fourth-order valence-electron chi connectivity index (χ4n) is 0.556. The SMILES string of the molecule is CCN=CN/C=C\C(C)=C\CF. The van der Waals surface area contributed by atoms with Gasteiger partial charge in [0.2, 0.25) is 0 Å². The van der Waals surface area contributed by atoms with Crippen LogP contribution in [0, 0.1) is 0 Å². The molecule has 0 atom stereocenters. The van der Waals surface area contributed by atoms with Crippen molar-refractivity contribution in [1.29, 1.82) is 0 Å². The van der Waals surface area contributed by atoms with Gasteiger partial charge in [0.05, 0.1) is 6.34 Å². The summed E-state index contributed by atoms with van der Waals surface area (Å²) in [6, 6.07) is 0. The quantitative estimate of drug-likeness (QED) is 0.381. The predicted octanol–water partition coefficient (Wildman–Crippen LogP) is 2.05. The molecule has 2 nitrogen and oxygen atoms in total. The molecule has 0 saturated heterocycles. The van der Waals surface area contributed by atoms with Gasteiger partial charge in [-0.15, -0.1) is 0 Å². The molecule has 0 rings (SSSR count). The Bertz CT molecular complexity index is 183. The Morgan fingerprint density at radius 2 is 2.33 bits per heavy atom. The van der Waals surface area contributed by atoms with Gasteiger partial charge in [-0.1, -0.05) is 11.6 Å². The van der Waals surface area contributed by atoms with E-state index >= 15 is 0 Å². The first-order chi connectivity index (χ1) is 5.81. The number of aliphatic imine (C=N–C) groups is 1. The number of nitrogens with one attached hydrogen (secondary N) is 1. The van der Waals surface area contributed by atoms with Crippen LogP contribution in [0.25, 0.3) is 0 Å². The van der Waals surface area contributed by atoms with E-state index < -0.39 is 6.67 Å². The van der Waals surface area contributed by atoms with E-state index in [1.807, 2.05) is 13.8 Å². The van der Waals surface area contributed by atoms with Crippen molar-refractivity contribution in [2.24, 2.45) is 4.99 Å². The molecule has 0 aromatic carbocycles. The normalized spacial score (nSPS) is 13.1. The highest BCUT2D eigenvalue weighted by Gasteiger charge is 1.78. The molecule has 12 heavy (non-hydrogen) atoms. The molecule has 0 fully saturated rings. The number of rotatable bonds is 5. The van der Waals surface area contributed by atoms with E-state index in [1.165, 1.54) is 6.08 Å². The highest BCUT2D eigenvalue weighted by Crippen LogP contribution is 1.92. The number of hydrogen-bond acceptors (Lipinski definition) is 1. The molecular formula is C9H15FN2. The Kier molecular flexibility index (Phi) is 7.24. The van der Waals surface area contributed by atoms with E-state index in [1.54, 1.807) is 18.6 Å². The van der Waals surface area contributed by atoms with Crippen LogP contribution < -0.4 is 5.32 Å². The second kappa shape index (κ2) is 7.98. The molecule has 68 valence electrons. The maximum atomic E-state index is 11.7. The van der Waals surface area contributed by atoms with E-state index in [2.05, 4.69) is 10.3 Å². The van der Waals surface area contributed by atoms with Crippen molar-refractivity contribution in [3.05, 3.63) is 23.9 Å². The van der Waals surface area contributed by atoms with Crippen molar-refractivity contribution in [2.75, 3.05) is 13.2 Å². The third kappa shape index (κ3) is 6.99. The van der Waals surface area contributed by atoms with E-state index in [0.717, 1.165) is 12.1 Å².